The second-order valence-electron chi connectivity index (χ2n) is 4.43. The van der Waals surface area contributed by atoms with Crippen LogP contribution in [0.15, 0.2) is 40.7 Å². The van der Waals surface area contributed by atoms with Crippen LogP contribution in [0.2, 0.25) is 0 Å². The lowest BCUT2D eigenvalue weighted by Gasteiger charge is -2.11. The summed E-state index contributed by atoms with van der Waals surface area (Å²) in [5.41, 5.74) is 5.98. The number of rotatable bonds is 3. The molecule has 9 heteroatoms. The van der Waals surface area contributed by atoms with E-state index in [0.29, 0.717) is 5.69 Å². The summed E-state index contributed by atoms with van der Waals surface area (Å²) in [4.78, 5) is 7.03. The van der Waals surface area contributed by atoms with Crippen LogP contribution < -0.4 is 16.0 Å². The average molecular weight is 339 g/mol. The highest BCUT2D eigenvalue weighted by molar-refractivity contribution is 7.94. The highest BCUT2D eigenvalue weighted by Crippen LogP contribution is 2.29. The number of benzene rings is 1. The molecule has 3 rings (SSSR count). The quantitative estimate of drug-likeness (QED) is 0.692. The first-order valence-corrected chi connectivity index (χ1v) is 8.84. The third kappa shape index (κ3) is 4.71. The molecule has 4 N–H and O–H groups in total. The Hall–Kier alpha value is -2.13. The molecule has 0 saturated heterocycles. The zero-order chi connectivity index (χ0) is 16.0. The lowest BCUT2D eigenvalue weighted by atomic mass is 10.3. The molecule has 0 aliphatic carbocycles. The number of hydrogen-bond acceptors (Lipinski definition) is 6. The number of nitrogens with two attached hydrogens (primary N) is 1. The first kappa shape index (κ1) is 16.2. The predicted octanol–water partition coefficient (Wildman–Crippen LogP) is 0.208. The van der Waals surface area contributed by atoms with E-state index in [1.54, 1.807) is 5.38 Å². The molecule has 0 spiro atoms. The second-order valence-corrected chi connectivity index (χ2v) is 6.91. The van der Waals surface area contributed by atoms with Crippen molar-refractivity contribution in [3.63, 3.8) is 0 Å². The van der Waals surface area contributed by atoms with Crippen LogP contribution in [0.4, 0.5) is 10.8 Å². The third-order valence-corrected chi connectivity index (χ3v) is 4.76. The molecule has 0 saturated carbocycles. The van der Waals surface area contributed by atoms with Crippen molar-refractivity contribution in [3.05, 3.63) is 40.6 Å². The average Bonchev–Trinajstić information content (AvgIpc) is 3.13. The van der Waals surface area contributed by atoms with Crippen LogP contribution in [0.3, 0.4) is 0 Å². The maximum absolute atomic E-state index is 11.8. The molecule has 1 aromatic carbocycles. The van der Waals surface area contributed by atoms with Gasteiger partial charge in [-0.1, -0.05) is 6.20 Å². The van der Waals surface area contributed by atoms with E-state index in [9.17, 15) is 8.42 Å². The second kappa shape index (κ2) is 7.23. The molecule has 1 aliphatic rings. The number of hydrogen-bond donors (Lipinski definition) is 3. The molecule has 0 fully saturated rings. The maximum atomic E-state index is 11.8. The minimum absolute atomic E-state index is 0.108. The van der Waals surface area contributed by atoms with Gasteiger partial charge in [0.25, 0.3) is 0 Å². The Bertz CT molecular complexity index is 724. The Kier molecular flexibility index (Phi) is 5.34. The molecule has 1 aromatic heterocycles. The summed E-state index contributed by atoms with van der Waals surface area (Å²) in [6.07, 6.45) is 1.50. The Balaban J connectivity index is 0.000000246. The number of aromatic nitrogens is 1. The van der Waals surface area contributed by atoms with E-state index in [-0.39, 0.29) is 10.0 Å². The highest BCUT2D eigenvalue weighted by Gasteiger charge is 2.09. The van der Waals surface area contributed by atoms with E-state index in [4.69, 9.17) is 5.73 Å². The summed E-state index contributed by atoms with van der Waals surface area (Å²) < 4.78 is 27.1. The number of sulfonamides is 1. The van der Waals surface area contributed by atoms with Crippen LogP contribution in [0.5, 0.6) is 0 Å². The Labute approximate surface area is 133 Å². The van der Waals surface area contributed by atoms with Crippen molar-refractivity contribution >= 4 is 38.0 Å². The van der Waals surface area contributed by atoms with E-state index in [1.165, 1.54) is 47.6 Å². The SMILES string of the molecule is CC1=[NH+]CCN1.Nc1ccc(S(=O)(=O)[N-]c2nccs2)cc1. The van der Waals surface area contributed by atoms with Crippen molar-refractivity contribution in [1.29, 1.82) is 0 Å². The topological polar surface area (TPSA) is 113 Å². The maximum Gasteiger partial charge on any atom is 0.239 e. The predicted molar refractivity (Wildman–Crippen MR) is 87.7 cm³/mol. The fraction of sp³-hybridized carbons (Fsp3) is 0.231. The van der Waals surface area contributed by atoms with Crippen molar-refractivity contribution < 1.29 is 13.4 Å². The van der Waals surface area contributed by atoms with Gasteiger partial charge in [-0.15, -0.1) is 0 Å². The minimum atomic E-state index is -3.68. The summed E-state index contributed by atoms with van der Waals surface area (Å²) in [5.74, 6) is 1.20. The standard InChI is InChI=1S/C9H8N3O2S2.C4H8N2/c10-7-1-3-8(4-2-7)16(13,14)12-9-11-5-6-15-9;1-4-5-2-3-6-4/h1-6H,10H2;2-3H2,1H3,(H,5,6)/q-1;/p+1. The highest BCUT2D eigenvalue weighted by atomic mass is 32.2. The van der Waals surface area contributed by atoms with Gasteiger partial charge in [0.1, 0.15) is 13.1 Å². The van der Waals surface area contributed by atoms with Crippen molar-refractivity contribution in [2.45, 2.75) is 11.8 Å². The van der Waals surface area contributed by atoms with Crippen molar-refractivity contribution in [3.8, 4) is 0 Å². The molecule has 22 heavy (non-hydrogen) atoms. The van der Waals surface area contributed by atoms with Gasteiger partial charge in [-0.3, -0.25) is 10.3 Å². The van der Waals surface area contributed by atoms with Gasteiger partial charge in [0, 0.05) is 17.7 Å². The van der Waals surface area contributed by atoms with E-state index < -0.39 is 10.0 Å². The molecule has 0 radical (unpaired) electrons. The van der Waals surface area contributed by atoms with Crippen LogP contribution in [-0.2, 0) is 10.0 Å². The number of nitrogens with zero attached hydrogens (tertiary/aromatic N) is 2. The van der Waals surface area contributed by atoms with Gasteiger partial charge >= 0.3 is 0 Å². The monoisotopic (exact) mass is 339 g/mol. The molecule has 7 nitrogen and oxygen atoms in total. The van der Waals surface area contributed by atoms with Gasteiger partial charge in [0.05, 0.1) is 4.90 Å². The molecule has 0 bridgehead atoms. The zero-order valence-electron chi connectivity index (χ0n) is 12.0. The smallest absolute Gasteiger partial charge is 0.239 e. The van der Waals surface area contributed by atoms with Gasteiger partial charge < -0.3 is 15.4 Å². The number of anilines is 1. The first-order chi connectivity index (χ1) is 10.5. The van der Waals surface area contributed by atoms with Gasteiger partial charge in [0.15, 0.2) is 0 Å². The van der Waals surface area contributed by atoms with Gasteiger partial charge in [-0.2, -0.15) is 11.3 Å². The molecule has 0 amide bonds. The zero-order valence-corrected chi connectivity index (χ0v) is 13.6. The molecular weight excluding hydrogens is 322 g/mol. The molecule has 2 aromatic rings. The molecule has 0 unspecified atom stereocenters. The van der Waals surface area contributed by atoms with Crippen LogP contribution in [0.25, 0.3) is 4.72 Å². The summed E-state index contributed by atoms with van der Waals surface area (Å²) in [6, 6.07) is 5.87. The third-order valence-electron chi connectivity index (χ3n) is 2.70. The normalized spacial score (nSPS) is 13.6. The van der Waals surface area contributed by atoms with Gasteiger partial charge in [-0.25, -0.2) is 8.42 Å². The fourth-order valence-corrected chi connectivity index (χ4v) is 3.29. The van der Waals surface area contributed by atoms with E-state index in [1.807, 2.05) is 6.92 Å². The summed E-state index contributed by atoms with van der Waals surface area (Å²) in [5, 5.41) is 5.01. The van der Waals surface area contributed by atoms with E-state index in [0.717, 1.165) is 13.1 Å². The number of nitrogen functional groups attached to an aromatic ring is 1. The van der Waals surface area contributed by atoms with Crippen LogP contribution in [-0.4, -0.2) is 32.3 Å². The number of amidine groups is 1. The molecular formula is C13H17N5O2S2. The van der Waals surface area contributed by atoms with E-state index >= 15 is 0 Å². The van der Waals surface area contributed by atoms with Crippen molar-refractivity contribution in [2.24, 2.45) is 0 Å². The van der Waals surface area contributed by atoms with Crippen LogP contribution in [0.1, 0.15) is 6.92 Å². The lowest BCUT2D eigenvalue weighted by molar-refractivity contribution is -0.445. The van der Waals surface area contributed by atoms with E-state index in [2.05, 4.69) is 20.0 Å². The van der Waals surface area contributed by atoms with Crippen LogP contribution in [0, 0.1) is 0 Å². The van der Waals surface area contributed by atoms with Gasteiger partial charge in [0.2, 0.25) is 15.9 Å². The molecule has 118 valence electrons. The number of nitrogens with one attached hydrogen (secondary N) is 2. The Morgan fingerprint density at radius 2 is 2.09 bits per heavy atom. The minimum Gasteiger partial charge on any atom is -0.433 e. The molecule has 1 aliphatic heterocycles. The fourth-order valence-electron chi connectivity index (χ4n) is 1.62. The van der Waals surface area contributed by atoms with Gasteiger partial charge in [-0.05, 0) is 29.6 Å². The number of thiazole rings is 1. The van der Waals surface area contributed by atoms with Crippen molar-refractivity contribution in [1.82, 2.24) is 10.3 Å². The lowest BCUT2D eigenvalue weighted by Crippen LogP contribution is -2.69. The summed E-state index contributed by atoms with van der Waals surface area (Å²) in [6.45, 7) is 4.21. The molecule has 2 heterocycles. The summed E-state index contributed by atoms with van der Waals surface area (Å²) >= 11 is 1.17. The largest absolute Gasteiger partial charge is 0.433 e. The van der Waals surface area contributed by atoms with Crippen LogP contribution >= 0.6 is 11.3 Å². The van der Waals surface area contributed by atoms with Crippen molar-refractivity contribution in [2.75, 3.05) is 18.8 Å². The first-order valence-electron chi connectivity index (χ1n) is 6.52. The Morgan fingerprint density at radius 3 is 2.55 bits per heavy atom. The summed E-state index contributed by atoms with van der Waals surface area (Å²) in [7, 11) is -3.68. The Morgan fingerprint density at radius 1 is 1.36 bits per heavy atom. The molecule has 0 atom stereocenters.